The van der Waals surface area contributed by atoms with Crippen LogP contribution in [0.4, 0.5) is 4.39 Å². The molecule has 0 atom stereocenters. The fraction of sp³-hybridized carbons (Fsp3) is 0. The van der Waals surface area contributed by atoms with E-state index in [0.717, 1.165) is 12.4 Å². The number of aromatic nitrogens is 2. The minimum absolute atomic E-state index is 0.364. The minimum Gasteiger partial charge on any atom is -0.359 e. The second-order valence-corrected chi connectivity index (χ2v) is 2.40. The first kappa shape index (κ1) is 6.97. The predicted molar refractivity (Wildman–Crippen MR) is 43.9 cm³/mol. The van der Waals surface area contributed by atoms with Crippen molar-refractivity contribution < 1.29 is 4.39 Å². The lowest BCUT2D eigenvalue weighted by molar-refractivity contribution is 0.634. The molecule has 0 radical (unpaired) electrons. The van der Waals surface area contributed by atoms with Crippen LogP contribution in [-0.2, 0) is 0 Å². The zero-order chi connectivity index (χ0) is 8.55. The number of fused-ring (bicyclic) bond motifs is 1. The molecule has 3 nitrogen and oxygen atoms in total. The first-order valence-electron chi connectivity index (χ1n) is 3.45. The van der Waals surface area contributed by atoms with Crippen LogP contribution in [0.3, 0.4) is 0 Å². The van der Waals surface area contributed by atoms with Gasteiger partial charge in [-0.05, 0) is 6.07 Å². The summed E-state index contributed by atoms with van der Waals surface area (Å²) in [5.41, 5.74) is 1.03. The number of nitrogens with one attached hydrogen (secondary N) is 2. The van der Waals surface area contributed by atoms with E-state index >= 15 is 0 Å². The quantitative estimate of drug-likeness (QED) is 0.617. The fourth-order valence-corrected chi connectivity index (χ4v) is 1.15. The van der Waals surface area contributed by atoms with E-state index in [1.807, 2.05) is 0 Å². The molecule has 0 amide bonds. The molecule has 0 spiro atoms. The Morgan fingerprint density at radius 2 is 2.42 bits per heavy atom. The summed E-state index contributed by atoms with van der Waals surface area (Å²) in [5.74, 6) is -0.364. The lowest BCUT2D eigenvalue weighted by Crippen LogP contribution is -1.90. The molecule has 12 heavy (non-hydrogen) atoms. The van der Waals surface area contributed by atoms with Crippen LogP contribution in [0.1, 0.15) is 5.69 Å². The van der Waals surface area contributed by atoms with E-state index in [1.165, 1.54) is 0 Å². The van der Waals surface area contributed by atoms with Gasteiger partial charge < -0.3 is 10.4 Å². The van der Waals surface area contributed by atoms with Crippen molar-refractivity contribution >= 4 is 17.1 Å². The third kappa shape index (κ3) is 0.812. The highest BCUT2D eigenvalue weighted by molar-refractivity contribution is 5.94. The van der Waals surface area contributed by atoms with Crippen molar-refractivity contribution in [2.75, 3.05) is 0 Å². The summed E-state index contributed by atoms with van der Waals surface area (Å²) in [6.45, 7) is 0. The van der Waals surface area contributed by atoms with Gasteiger partial charge in [0.25, 0.3) is 0 Å². The molecule has 0 aromatic carbocycles. The molecule has 2 heterocycles. The lowest BCUT2D eigenvalue weighted by atomic mass is 10.2. The molecular formula is C8H6FN3. The van der Waals surface area contributed by atoms with Gasteiger partial charge in [0.1, 0.15) is 5.69 Å². The molecule has 0 fully saturated rings. The monoisotopic (exact) mass is 163 g/mol. The topological polar surface area (TPSA) is 52.5 Å². The molecule has 2 rings (SSSR count). The van der Waals surface area contributed by atoms with E-state index < -0.39 is 0 Å². The van der Waals surface area contributed by atoms with E-state index in [1.54, 1.807) is 12.3 Å². The molecule has 2 aromatic heterocycles. The number of H-pyrrole nitrogens is 1. The van der Waals surface area contributed by atoms with E-state index in [2.05, 4.69) is 9.97 Å². The zero-order valence-corrected chi connectivity index (χ0v) is 6.13. The predicted octanol–water partition coefficient (Wildman–Crippen LogP) is 1.70. The van der Waals surface area contributed by atoms with Crippen LogP contribution >= 0.6 is 0 Å². The van der Waals surface area contributed by atoms with Crippen molar-refractivity contribution in [2.45, 2.75) is 0 Å². The van der Waals surface area contributed by atoms with Gasteiger partial charge in [0.15, 0.2) is 5.82 Å². The Bertz CT molecular complexity index is 433. The molecule has 60 valence electrons. The normalized spacial score (nSPS) is 10.4. The van der Waals surface area contributed by atoms with Gasteiger partial charge in [0.2, 0.25) is 0 Å². The molecule has 4 heteroatoms. The van der Waals surface area contributed by atoms with Crippen molar-refractivity contribution in [3.05, 3.63) is 30.0 Å². The fourth-order valence-electron chi connectivity index (χ4n) is 1.15. The molecule has 0 aliphatic rings. The van der Waals surface area contributed by atoms with Crippen molar-refractivity contribution in [3.63, 3.8) is 0 Å². The smallest absolute Gasteiger partial charge is 0.150 e. The van der Waals surface area contributed by atoms with Crippen molar-refractivity contribution in [1.29, 1.82) is 5.41 Å². The van der Waals surface area contributed by atoms with Crippen molar-refractivity contribution in [2.24, 2.45) is 0 Å². The van der Waals surface area contributed by atoms with Crippen LogP contribution < -0.4 is 0 Å². The number of hydrogen-bond donors (Lipinski definition) is 2. The second-order valence-electron chi connectivity index (χ2n) is 2.40. The maximum atomic E-state index is 13.0. The first-order chi connectivity index (χ1) is 5.83. The van der Waals surface area contributed by atoms with Crippen LogP contribution in [0.2, 0.25) is 0 Å². The van der Waals surface area contributed by atoms with Crippen molar-refractivity contribution in [3.8, 4) is 0 Å². The summed E-state index contributed by atoms with van der Waals surface area (Å²) >= 11 is 0. The number of aromatic amines is 1. The van der Waals surface area contributed by atoms with Gasteiger partial charge in [0, 0.05) is 17.8 Å². The summed E-state index contributed by atoms with van der Waals surface area (Å²) in [5, 5.41) is 7.48. The molecule has 0 aliphatic heterocycles. The van der Waals surface area contributed by atoms with Gasteiger partial charge in [-0.1, -0.05) is 0 Å². The Morgan fingerprint density at radius 1 is 1.58 bits per heavy atom. The Labute approximate surface area is 67.8 Å². The van der Waals surface area contributed by atoms with E-state index in [4.69, 9.17) is 5.41 Å². The van der Waals surface area contributed by atoms with Gasteiger partial charge in [-0.15, -0.1) is 0 Å². The molecule has 0 saturated heterocycles. The highest BCUT2D eigenvalue weighted by atomic mass is 19.1. The Morgan fingerprint density at radius 3 is 3.17 bits per heavy atom. The highest BCUT2D eigenvalue weighted by Gasteiger charge is 2.05. The van der Waals surface area contributed by atoms with Gasteiger partial charge in [-0.25, -0.2) is 9.37 Å². The maximum Gasteiger partial charge on any atom is 0.150 e. The Hall–Kier alpha value is -1.71. The summed E-state index contributed by atoms with van der Waals surface area (Å²) in [6, 6.07) is 1.62. The molecule has 0 aliphatic carbocycles. The summed E-state index contributed by atoms with van der Waals surface area (Å²) in [6.07, 6.45) is 3.84. The van der Waals surface area contributed by atoms with E-state index in [9.17, 15) is 4.39 Å². The molecule has 2 aromatic rings. The van der Waals surface area contributed by atoms with Crippen LogP contribution in [0.15, 0.2) is 18.5 Å². The average Bonchev–Trinajstić information content (AvgIpc) is 2.54. The first-order valence-corrected chi connectivity index (χ1v) is 3.45. The number of pyridine rings is 1. The Balaban J connectivity index is 2.91. The number of rotatable bonds is 1. The third-order valence-electron chi connectivity index (χ3n) is 1.71. The molecular weight excluding hydrogens is 157 g/mol. The van der Waals surface area contributed by atoms with Gasteiger partial charge in [-0.3, -0.25) is 0 Å². The highest BCUT2D eigenvalue weighted by Crippen LogP contribution is 2.16. The lowest BCUT2D eigenvalue weighted by Gasteiger charge is -1.94. The second kappa shape index (κ2) is 2.41. The number of hydrogen-bond acceptors (Lipinski definition) is 2. The number of nitrogens with zero attached hydrogens (tertiary/aromatic N) is 1. The van der Waals surface area contributed by atoms with Gasteiger partial charge in [0.05, 0.1) is 11.7 Å². The standard InChI is InChI=1S/C8H6FN3/c9-6-4-12-7(3-10)8-5(6)1-2-11-8/h1-4,10-11H. The zero-order valence-electron chi connectivity index (χ0n) is 6.13. The van der Waals surface area contributed by atoms with Crippen molar-refractivity contribution in [1.82, 2.24) is 9.97 Å². The third-order valence-corrected chi connectivity index (χ3v) is 1.71. The summed E-state index contributed by atoms with van der Waals surface area (Å²) in [4.78, 5) is 6.57. The van der Waals surface area contributed by atoms with Crippen LogP contribution in [0.5, 0.6) is 0 Å². The van der Waals surface area contributed by atoms with E-state index in [-0.39, 0.29) is 5.82 Å². The maximum absolute atomic E-state index is 13.0. The van der Waals surface area contributed by atoms with Gasteiger partial charge >= 0.3 is 0 Å². The SMILES string of the molecule is N=Cc1ncc(F)c2cc[nH]c12. The van der Waals surface area contributed by atoms with Crippen LogP contribution in [0, 0.1) is 11.2 Å². The van der Waals surface area contributed by atoms with Gasteiger partial charge in [-0.2, -0.15) is 0 Å². The molecule has 0 bridgehead atoms. The summed E-state index contributed by atoms with van der Waals surface area (Å²) < 4.78 is 13.0. The summed E-state index contributed by atoms with van der Waals surface area (Å²) in [7, 11) is 0. The molecule has 0 saturated carbocycles. The number of halogens is 1. The van der Waals surface area contributed by atoms with E-state index in [0.29, 0.717) is 16.6 Å². The van der Waals surface area contributed by atoms with Crippen LogP contribution in [-0.4, -0.2) is 16.2 Å². The average molecular weight is 163 g/mol. The molecule has 2 N–H and O–H groups in total. The molecule has 0 unspecified atom stereocenters. The minimum atomic E-state index is -0.364. The largest absolute Gasteiger partial charge is 0.359 e. The van der Waals surface area contributed by atoms with Crippen LogP contribution in [0.25, 0.3) is 10.9 Å². The Kier molecular flexibility index (Phi) is 1.40.